The second kappa shape index (κ2) is 9.35. The molecule has 1 fully saturated rings. The molecule has 5 nitrogen and oxygen atoms in total. The van der Waals surface area contributed by atoms with Gasteiger partial charge in [0.15, 0.2) is 0 Å². The Kier molecular flexibility index (Phi) is 6.74. The lowest BCUT2D eigenvalue weighted by atomic mass is 9.96. The van der Waals surface area contributed by atoms with Gasteiger partial charge in [0.25, 0.3) is 0 Å². The van der Waals surface area contributed by atoms with E-state index in [2.05, 4.69) is 19.9 Å². The summed E-state index contributed by atoms with van der Waals surface area (Å²) in [5.41, 5.74) is 2.12. The van der Waals surface area contributed by atoms with Crippen molar-refractivity contribution in [2.75, 3.05) is 30.3 Å². The van der Waals surface area contributed by atoms with E-state index in [4.69, 9.17) is 0 Å². The second-order valence-corrected chi connectivity index (χ2v) is 11.6. The van der Waals surface area contributed by atoms with E-state index in [1.807, 2.05) is 35.2 Å². The Bertz CT molecular complexity index is 1030. The molecule has 0 unspecified atom stereocenters. The van der Waals surface area contributed by atoms with Crippen LogP contribution in [-0.4, -0.2) is 44.0 Å². The molecule has 0 atom stereocenters. The van der Waals surface area contributed by atoms with Crippen molar-refractivity contribution in [2.45, 2.75) is 48.8 Å². The molecular formula is C24H30N2O3S2. The molecule has 0 saturated carbocycles. The Morgan fingerprint density at radius 2 is 1.68 bits per heavy atom. The van der Waals surface area contributed by atoms with Gasteiger partial charge in [0, 0.05) is 30.4 Å². The van der Waals surface area contributed by atoms with Crippen LogP contribution in [0.4, 0.5) is 5.69 Å². The zero-order chi connectivity index (χ0) is 22.0. The predicted octanol–water partition coefficient (Wildman–Crippen LogP) is 4.74. The normalized spacial score (nSPS) is 18.6. The first-order valence-electron chi connectivity index (χ1n) is 11.0. The predicted molar refractivity (Wildman–Crippen MR) is 126 cm³/mol. The topological polar surface area (TPSA) is 57.7 Å². The van der Waals surface area contributed by atoms with Crippen LogP contribution in [0.1, 0.15) is 44.6 Å². The highest BCUT2D eigenvalue weighted by atomic mass is 32.2. The number of fused-ring (bicyclic) bond motifs is 1. The highest BCUT2D eigenvalue weighted by Gasteiger charge is 2.35. The zero-order valence-corrected chi connectivity index (χ0v) is 19.8. The number of hydrogen-bond donors (Lipinski definition) is 0. The van der Waals surface area contributed by atoms with Gasteiger partial charge in [0.2, 0.25) is 15.9 Å². The van der Waals surface area contributed by atoms with Crippen molar-refractivity contribution >= 4 is 33.4 Å². The fourth-order valence-corrected chi connectivity index (χ4v) is 6.76. The van der Waals surface area contributed by atoms with E-state index in [0.29, 0.717) is 36.7 Å². The molecule has 2 aromatic rings. The maximum atomic E-state index is 13.3. The lowest BCUT2D eigenvalue weighted by molar-refractivity contribution is -0.123. The van der Waals surface area contributed by atoms with E-state index in [0.717, 1.165) is 34.9 Å². The third-order valence-corrected chi connectivity index (χ3v) is 9.26. The molecule has 0 aliphatic carbocycles. The number of anilines is 1. The Labute approximate surface area is 189 Å². The quantitative estimate of drug-likeness (QED) is 0.664. The van der Waals surface area contributed by atoms with E-state index in [1.54, 1.807) is 23.9 Å². The minimum Gasteiger partial charge on any atom is -0.311 e. The van der Waals surface area contributed by atoms with E-state index >= 15 is 0 Å². The molecule has 0 N–H and O–H groups in total. The maximum absolute atomic E-state index is 13.3. The number of carbonyl (C=O) groups is 1. The summed E-state index contributed by atoms with van der Waals surface area (Å²) < 4.78 is 27.7. The van der Waals surface area contributed by atoms with Crippen molar-refractivity contribution in [1.82, 2.24) is 4.31 Å². The van der Waals surface area contributed by atoms with E-state index in [-0.39, 0.29) is 11.8 Å². The highest BCUT2D eigenvalue weighted by Crippen LogP contribution is 2.35. The summed E-state index contributed by atoms with van der Waals surface area (Å²) in [6, 6.07) is 15.3. The average molecular weight is 459 g/mol. The third-order valence-electron chi connectivity index (χ3n) is 6.19. The van der Waals surface area contributed by atoms with E-state index < -0.39 is 10.0 Å². The number of benzene rings is 2. The molecular weight excluding hydrogens is 428 g/mol. The van der Waals surface area contributed by atoms with Crippen molar-refractivity contribution in [3.05, 3.63) is 54.1 Å². The summed E-state index contributed by atoms with van der Waals surface area (Å²) >= 11 is 1.80. The van der Waals surface area contributed by atoms with E-state index in [9.17, 15) is 13.2 Å². The summed E-state index contributed by atoms with van der Waals surface area (Å²) in [5.74, 6) is 1.37. The Balaban J connectivity index is 1.44. The van der Waals surface area contributed by atoms with Crippen LogP contribution in [0.15, 0.2) is 58.3 Å². The number of rotatable bonds is 4. The van der Waals surface area contributed by atoms with Gasteiger partial charge in [-0.25, -0.2) is 8.42 Å². The molecule has 0 radical (unpaired) electrons. The Morgan fingerprint density at radius 3 is 2.35 bits per heavy atom. The first-order valence-corrected chi connectivity index (χ1v) is 13.4. The average Bonchev–Trinajstić information content (AvgIpc) is 3.01. The van der Waals surface area contributed by atoms with Crippen LogP contribution in [0, 0.1) is 5.92 Å². The van der Waals surface area contributed by atoms with Crippen LogP contribution in [0.2, 0.25) is 0 Å². The molecule has 2 heterocycles. The van der Waals surface area contributed by atoms with Crippen LogP contribution in [0.5, 0.6) is 0 Å². The standard InChI is InChI=1S/C24H30N2O3S2/c1-18(2)19-8-10-21(11-9-19)31(28,29)25-15-12-20(13-16-25)24(27)26-14-5-17-30-23-7-4-3-6-22(23)26/h3-4,6-11,18,20H,5,12-17H2,1-2H3. The molecule has 1 amide bonds. The lowest BCUT2D eigenvalue weighted by Crippen LogP contribution is -2.44. The van der Waals surface area contributed by atoms with Gasteiger partial charge >= 0.3 is 0 Å². The van der Waals surface area contributed by atoms with Gasteiger partial charge in [-0.1, -0.05) is 38.1 Å². The fourth-order valence-electron chi connectivity index (χ4n) is 4.29. The van der Waals surface area contributed by atoms with Crippen LogP contribution in [0.25, 0.3) is 0 Å². The summed E-state index contributed by atoms with van der Waals surface area (Å²) in [5, 5.41) is 0. The van der Waals surface area contributed by atoms with Gasteiger partial charge in [0.05, 0.1) is 10.6 Å². The van der Waals surface area contributed by atoms with Crippen molar-refractivity contribution in [2.24, 2.45) is 5.92 Å². The van der Waals surface area contributed by atoms with Gasteiger partial charge in [0.1, 0.15) is 0 Å². The monoisotopic (exact) mass is 458 g/mol. The summed E-state index contributed by atoms with van der Waals surface area (Å²) in [4.78, 5) is 16.8. The van der Waals surface area contributed by atoms with Crippen LogP contribution in [0.3, 0.4) is 0 Å². The SMILES string of the molecule is CC(C)c1ccc(S(=O)(=O)N2CCC(C(=O)N3CCCSc4ccccc43)CC2)cc1. The Morgan fingerprint density at radius 1 is 1.00 bits per heavy atom. The molecule has 0 bridgehead atoms. The molecule has 4 rings (SSSR count). The smallest absolute Gasteiger partial charge is 0.243 e. The van der Waals surface area contributed by atoms with Gasteiger partial charge < -0.3 is 4.90 Å². The van der Waals surface area contributed by atoms with Gasteiger partial charge in [-0.15, -0.1) is 11.8 Å². The summed E-state index contributed by atoms with van der Waals surface area (Å²) in [6.07, 6.45) is 2.09. The number of carbonyl (C=O) groups excluding carboxylic acids is 1. The number of piperidine rings is 1. The van der Waals surface area contributed by atoms with Gasteiger partial charge in [-0.2, -0.15) is 4.31 Å². The molecule has 7 heteroatoms. The van der Waals surface area contributed by atoms with Crippen LogP contribution >= 0.6 is 11.8 Å². The van der Waals surface area contributed by atoms with Crippen molar-refractivity contribution < 1.29 is 13.2 Å². The first-order chi connectivity index (χ1) is 14.9. The van der Waals surface area contributed by atoms with Gasteiger partial charge in [-0.05, 0) is 60.8 Å². The summed E-state index contributed by atoms with van der Waals surface area (Å²) in [6.45, 7) is 5.67. The number of nitrogens with zero attached hydrogens (tertiary/aromatic N) is 2. The molecule has 0 aromatic heterocycles. The van der Waals surface area contributed by atoms with E-state index in [1.165, 1.54) is 4.31 Å². The van der Waals surface area contributed by atoms with Crippen molar-refractivity contribution in [1.29, 1.82) is 0 Å². The third kappa shape index (κ3) is 4.69. The van der Waals surface area contributed by atoms with Crippen molar-refractivity contribution in [3.8, 4) is 0 Å². The highest BCUT2D eigenvalue weighted by molar-refractivity contribution is 7.99. The largest absolute Gasteiger partial charge is 0.311 e. The number of hydrogen-bond acceptors (Lipinski definition) is 4. The molecule has 0 spiro atoms. The number of amides is 1. The zero-order valence-electron chi connectivity index (χ0n) is 18.2. The maximum Gasteiger partial charge on any atom is 0.243 e. The van der Waals surface area contributed by atoms with Crippen LogP contribution < -0.4 is 4.90 Å². The molecule has 2 aliphatic rings. The molecule has 166 valence electrons. The fraction of sp³-hybridized carbons (Fsp3) is 0.458. The van der Waals surface area contributed by atoms with Gasteiger partial charge in [-0.3, -0.25) is 4.79 Å². The minimum absolute atomic E-state index is 0.133. The second-order valence-electron chi connectivity index (χ2n) is 8.56. The molecule has 1 saturated heterocycles. The molecule has 2 aliphatic heterocycles. The summed E-state index contributed by atoms with van der Waals surface area (Å²) in [7, 11) is -3.53. The molecule has 31 heavy (non-hydrogen) atoms. The Hall–Kier alpha value is -1.83. The van der Waals surface area contributed by atoms with Crippen LogP contribution in [-0.2, 0) is 14.8 Å². The first kappa shape index (κ1) is 22.4. The number of thioether (sulfide) groups is 1. The number of para-hydroxylation sites is 1. The molecule has 2 aromatic carbocycles. The minimum atomic E-state index is -3.53. The van der Waals surface area contributed by atoms with Crippen molar-refractivity contribution in [3.63, 3.8) is 0 Å². The lowest BCUT2D eigenvalue weighted by Gasteiger charge is -2.33. The number of sulfonamides is 1.